The van der Waals surface area contributed by atoms with Crippen molar-refractivity contribution >= 4 is 12.2 Å². The van der Waals surface area contributed by atoms with E-state index in [1.54, 1.807) is 4.90 Å². The Bertz CT molecular complexity index is 1440. The monoisotopic (exact) mass is 737 g/mol. The number of aliphatic hydroxyl groups excluding tert-OH is 1. The van der Waals surface area contributed by atoms with E-state index in [9.17, 15) is 27.9 Å². The average Bonchev–Trinajstić information content (AvgIpc) is 3.63. The van der Waals surface area contributed by atoms with Crippen LogP contribution >= 0.6 is 0 Å². The van der Waals surface area contributed by atoms with Crippen LogP contribution in [0.15, 0.2) is 0 Å². The number of rotatable bonds is 6. The summed E-state index contributed by atoms with van der Waals surface area (Å²) in [5, 5.41) is 15.5. The van der Waals surface area contributed by atoms with E-state index >= 15 is 0 Å². The normalized spacial score (nSPS) is 47.0. The molecule has 8 fully saturated rings. The summed E-state index contributed by atoms with van der Waals surface area (Å²) in [4.78, 5) is 29.0. The summed E-state index contributed by atoms with van der Waals surface area (Å²) in [6.07, 6.45) is 2.17. The number of alkyl carbamates (subject to hydrolysis) is 1. The first-order valence-electron chi connectivity index (χ1n) is 20.3. The van der Waals surface area contributed by atoms with Gasteiger partial charge in [0.15, 0.2) is 0 Å². The maximum atomic E-state index is 13.0. The fourth-order valence-electron chi connectivity index (χ4n) is 14.4. The molecule has 294 valence electrons. The lowest BCUT2D eigenvalue weighted by Crippen LogP contribution is -2.62. The molecule has 3 saturated heterocycles. The maximum Gasteiger partial charge on any atom is 0.410 e. The number of nitrogens with zero attached hydrogens (tertiary/aromatic N) is 2. The van der Waals surface area contributed by atoms with Crippen molar-refractivity contribution in [2.75, 3.05) is 32.7 Å². The summed E-state index contributed by atoms with van der Waals surface area (Å²) in [5.41, 5.74) is -0.351. The second kappa shape index (κ2) is 12.1. The van der Waals surface area contributed by atoms with Crippen LogP contribution in [0.3, 0.4) is 0 Å². The minimum Gasteiger partial charge on any atom is -0.446 e. The van der Waals surface area contributed by atoms with Gasteiger partial charge in [-0.25, -0.2) is 9.59 Å². The van der Waals surface area contributed by atoms with Gasteiger partial charge >= 0.3 is 18.4 Å². The van der Waals surface area contributed by atoms with E-state index in [0.717, 1.165) is 70.9 Å². The molecular weight excluding hydrogens is 675 g/mol. The molecule has 52 heavy (non-hydrogen) atoms. The Kier molecular flexibility index (Phi) is 8.65. The van der Waals surface area contributed by atoms with Crippen molar-refractivity contribution < 1.29 is 42.1 Å². The van der Waals surface area contributed by atoms with Crippen LogP contribution in [0.5, 0.6) is 0 Å². The molecule has 8 rings (SSSR count). The molecule has 0 aromatic carbocycles. The predicted molar refractivity (Wildman–Crippen MR) is 187 cm³/mol. The first-order chi connectivity index (χ1) is 24.3. The lowest BCUT2D eigenvalue weighted by Gasteiger charge is -2.63. The van der Waals surface area contributed by atoms with E-state index < -0.39 is 24.9 Å². The zero-order chi connectivity index (χ0) is 37.4. The Morgan fingerprint density at radius 1 is 1.00 bits per heavy atom. The van der Waals surface area contributed by atoms with E-state index in [2.05, 4.69) is 53.8 Å². The highest BCUT2D eigenvalue weighted by molar-refractivity contribution is 5.69. The Hall–Kier alpha value is -1.79. The number of halogens is 3. The van der Waals surface area contributed by atoms with E-state index in [1.807, 2.05) is 0 Å². The standard InChI is InChI=1S/C40H62F3N3O6/c1-22(2)30(52-34(49)46-15-8-16-46)25-17-23(3)29-31(50-25)32(47)37(7)27-10-9-26-35(4,5)28(11-12-38(26)20-39(27,38)14-13-36(29,37)6)51-33(48)44-24-18-45(19-24)21-40(41,42)43/h22-32,47H,8-21H2,1-7H3,(H,44,48)/t23-,25?,26+,27?,28+,29+,30-,31?,32+,36-,37-,38-,39+/m1/s1. The second-order valence-corrected chi connectivity index (χ2v) is 20.0. The molecule has 2 spiro atoms. The Balaban J connectivity index is 0.965. The van der Waals surface area contributed by atoms with Gasteiger partial charge in [-0.05, 0) is 104 Å². The van der Waals surface area contributed by atoms with Gasteiger partial charge in [-0.3, -0.25) is 4.90 Å². The number of alkyl halides is 3. The summed E-state index contributed by atoms with van der Waals surface area (Å²) in [6, 6.07) is -0.326. The minimum absolute atomic E-state index is 0.0826. The molecule has 2 N–H and O–H groups in total. The molecule has 0 aromatic heterocycles. The highest BCUT2D eigenvalue weighted by atomic mass is 19.4. The lowest BCUT2D eigenvalue weighted by molar-refractivity contribution is -0.185. The number of carbonyl (C=O) groups excluding carboxylic acids is 2. The molecule has 3 heterocycles. The molecule has 0 radical (unpaired) electrons. The van der Waals surface area contributed by atoms with Crippen molar-refractivity contribution in [3.05, 3.63) is 0 Å². The van der Waals surface area contributed by atoms with Gasteiger partial charge in [0.2, 0.25) is 0 Å². The first kappa shape index (κ1) is 37.1. The quantitative estimate of drug-likeness (QED) is 0.303. The Morgan fingerprint density at radius 3 is 2.31 bits per heavy atom. The maximum absolute atomic E-state index is 13.0. The topological polar surface area (TPSA) is 101 Å². The smallest absolute Gasteiger partial charge is 0.410 e. The van der Waals surface area contributed by atoms with Crippen LogP contribution < -0.4 is 5.32 Å². The van der Waals surface area contributed by atoms with E-state index in [4.69, 9.17) is 14.2 Å². The van der Waals surface area contributed by atoms with Gasteiger partial charge in [-0.2, -0.15) is 13.2 Å². The number of ether oxygens (including phenoxy) is 3. The number of hydrogen-bond donors (Lipinski definition) is 2. The molecule has 0 aromatic rings. The number of nitrogens with one attached hydrogen (secondary N) is 1. The number of aliphatic hydroxyl groups is 1. The van der Waals surface area contributed by atoms with Gasteiger partial charge in [0.25, 0.3) is 0 Å². The molecule has 12 heteroatoms. The third kappa shape index (κ3) is 5.24. The fourth-order valence-corrected chi connectivity index (χ4v) is 14.4. The number of fused-ring (bicyclic) bond motifs is 4. The van der Waals surface area contributed by atoms with Gasteiger partial charge in [0, 0.05) is 37.0 Å². The molecular formula is C40H62F3N3O6. The van der Waals surface area contributed by atoms with Gasteiger partial charge in [0.05, 0.1) is 30.9 Å². The molecule has 2 amide bonds. The Morgan fingerprint density at radius 2 is 1.67 bits per heavy atom. The van der Waals surface area contributed by atoms with Crippen LogP contribution in [0.2, 0.25) is 0 Å². The third-order valence-corrected chi connectivity index (χ3v) is 17.1. The summed E-state index contributed by atoms with van der Waals surface area (Å²) < 4.78 is 57.4. The van der Waals surface area contributed by atoms with Crippen LogP contribution in [0, 0.1) is 56.7 Å². The molecule has 0 bridgehead atoms. The third-order valence-electron chi connectivity index (χ3n) is 17.1. The van der Waals surface area contributed by atoms with Crippen LogP contribution in [0.1, 0.15) is 106 Å². The van der Waals surface area contributed by atoms with Crippen molar-refractivity contribution in [2.45, 2.75) is 149 Å². The molecule has 5 aliphatic carbocycles. The van der Waals surface area contributed by atoms with Crippen molar-refractivity contribution in [2.24, 2.45) is 56.7 Å². The van der Waals surface area contributed by atoms with Gasteiger partial charge in [-0.15, -0.1) is 0 Å². The highest BCUT2D eigenvalue weighted by Gasteiger charge is 2.84. The average molecular weight is 738 g/mol. The van der Waals surface area contributed by atoms with Crippen molar-refractivity contribution in [3.63, 3.8) is 0 Å². The van der Waals surface area contributed by atoms with Crippen LogP contribution in [0.4, 0.5) is 22.8 Å². The van der Waals surface area contributed by atoms with E-state index in [-0.39, 0.29) is 88.6 Å². The molecule has 8 aliphatic rings. The number of carbonyl (C=O) groups is 2. The zero-order valence-corrected chi connectivity index (χ0v) is 32.3. The summed E-state index contributed by atoms with van der Waals surface area (Å²) in [5.74, 6) is 1.39. The summed E-state index contributed by atoms with van der Waals surface area (Å²) in [6.45, 7) is 16.7. The van der Waals surface area contributed by atoms with E-state index in [1.165, 1.54) is 4.90 Å². The molecule has 9 nitrogen and oxygen atoms in total. The summed E-state index contributed by atoms with van der Waals surface area (Å²) >= 11 is 0. The Labute approximate surface area is 307 Å². The minimum atomic E-state index is -4.24. The highest BCUT2D eigenvalue weighted by Crippen LogP contribution is 2.89. The van der Waals surface area contributed by atoms with Crippen LogP contribution in [-0.2, 0) is 14.2 Å². The number of amides is 2. The lowest BCUT2D eigenvalue weighted by atomic mass is 9.41. The van der Waals surface area contributed by atoms with Gasteiger partial charge in [-0.1, -0.05) is 48.5 Å². The SMILES string of the molecule is CC(C)[C@@H](OC(=O)N1CCC1)C1C[C@@H](C)[C@H]2C(O1)[C@H](O)[C@@]1(C)C3CC[C@H]4C(C)(C)[C@@H](OC(=O)NC5CN(CC(F)(F)F)C5)CC[C@@]45C[C@@]35CC[C@]21C. The summed E-state index contributed by atoms with van der Waals surface area (Å²) in [7, 11) is 0. The van der Waals surface area contributed by atoms with Crippen molar-refractivity contribution in [1.29, 1.82) is 0 Å². The predicted octanol–water partition coefficient (Wildman–Crippen LogP) is 7.01. The van der Waals surface area contributed by atoms with Crippen LogP contribution in [0.25, 0.3) is 0 Å². The van der Waals surface area contributed by atoms with Crippen LogP contribution in [-0.4, -0.2) is 103 Å². The van der Waals surface area contributed by atoms with E-state index in [0.29, 0.717) is 17.8 Å². The second-order valence-electron chi connectivity index (χ2n) is 20.0. The molecule has 13 atom stereocenters. The van der Waals surface area contributed by atoms with Crippen molar-refractivity contribution in [1.82, 2.24) is 15.1 Å². The van der Waals surface area contributed by atoms with Crippen molar-refractivity contribution in [3.8, 4) is 0 Å². The largest absolute Gasteiger partial charge is 0.446 e. The first-order valence-corrected chi connectivity index (χ1v) is 20.3. The molecule has 3 aliphatic heterocycles. The fraction of sp³-hybridized carbons (Fsp3) is 0.950. The van der Waals surface area contributed by atoms with Gasteiger partial charge in [0.1, 0.15) is 12.2 Å². The van der Waals surface area contributed by atoms with Gasteiger partial charge < -0.3 is 29.5 Å². The number of hydrogen-bond acceptors (Lipinski definition) is 7. The zero-order valence-electron chi connectivity index (χ0n) is 32.3. The molecule has 3 unspecified atom stereocenters. The molecule has 5 saturated carbocycles. The number of likely N-dealkylation sites (tertiary alicyclic amines) is 2.